The Hall–Kier alpha value is -3.03. The Balaban J connectivity index is 2.13. The van der Waals surface area contributed by atoms with Crippen molar-refractivity contribution >= 4 is 16.7 Å². The Labute approximate surface area is 133 Å². The number of halogens is 4. The highest BCUT2D eigenvalue weighted by molar-refractivity contribution is 5.95. The summed E-state index contributed by atoms with van der Waals surface area (Å²) in [4.78, 5) is 2.66. The van der Waals surface area contributed by atoms with E-state index in [0.717, 1.165) is 24.3 Å². The van der Waals surface area contributed by atoms with E-state index in [-0.39, 0.29) is 22.2 Å². The van der Waals surface area contributed by atoms with E-state index in [0.29, 0.717) is 0 Å². The molecule has 0 atom stereocenters. The number of rotatable bonds is 4. The third-order valence-electron chi connectivity index (χ3n) is 3.47. The molecule has 0 fully saturated rings. The minimum atomic E-state index is -2.98. The molecule has 24 heavy (non-hydrogen) atoms. The van der Waals surface area contributed by atoms with Gasteiger partial charge in [0.1, 0.15) is 17.4 Å². The minimum absolute atomic E-state index is 0.114. The molecule has 1 heterocycles. The fourth-order valence-corrected chi connectivity index (χ4v) is 2.39. The van der Waals surface area contributed by atoms with Gasteiger partial charge in [-0.1, -0.05) is 0 Å². The maximum atomic E-state index is 14.2. The van der Waals surface area contributed by atoms with Crippen LogP contribution >= 0.6 is 0 Å². The van der Waals surface area contributed by atoms with Gasteiger partial charge in [-0.05, 0) is 24.3 Å². The van der Waals surface area contributed by atoms with Crippen LogP contribution in [0.4, 0.5) is 17.6 Å². The summed E-state index contributed by atoms with van der Waals surface area (Å²) in [6.07, 6.45) is -1.58. The first-order chi connectivity index (χ1) is 11.4. The number of hydrogen-bond donors (Lipinski definition) is 3. The number of benzene rings is 2. The van der Waals surface area contributed by atoms with Gasteiger partial charge < -0.3 is 15.5 Å². The van der Waals surface area contributed by atoms with Gasteiger partial charge in [-0.15, -0.1) is 0 Å². The van der Waals surface area contributed by atoms with Gasteiger partial charge in [0, 0.05) is 23.2 Å². The summed E-state index contributed by atoms with van der Waals surface area (Å²) in [5.41, 5.74) is 4.56. The van der Waals surface area contributed by atoms with E-state index in [9.17, 15) is 17.6 Å². The van der Waals surface area contributed by atoms with Crippen LogP contribution in [-0.2, 0) is 0 Å². The van der Waals surface area contributed by atoms with E-state index in [1.54, 1.807) is 0 Å². The molecule has 0 radical (unpaired) electrons. The maximum absolute atomic E-state index is 14.2. The van der Waals surface area contributed by atoms with Crippen molar-refractivity contribution in [1.82, 2.24) is 4.98 Å². The molecule has 0 spiro atoms. The van der Waals surface area contributed by atoms with E-state index in [1.165, 1.54) is 12.3 Å². The highest BCUT2D eigenvalue weighted by Crippen LogP contribution is 2.40. The van der Waals surface area contributed by atoms with Gasteiger partial charge in [-0.2, -0.15) is 0 Å². The maximum Gasteiger partial charge on any atom is 0.268 e. The number of fused-ring (bicyclic) bond motifs is 1. The molecule has 4 nitrogen and oxygen atoms in total. The number of nitrogen functional groups attached to an aromatic ring is 1. The fourth-order valence-electron chi connectivity index (χ4n) is 2.39. The lowest BCUT2D eigenvalue weighted by Crippen LogP contribution is -2.13. The predicted molar refractivity (Wildman–Crippen MR) is 80.7 cm³/mol. The zero-order chi connectivity index (χ0) is 17.4. The first-order valence-electron chi connectivity index (χ1n) is 6.78. The Morgan fingerprint density at radius 3 is 2.54 bits per heavy atom. The standard InChI is InChI=1S/C16H11F4N3O/c17-10-2-1-7(5-9(10)16(21)22)24-14-11(18)6-12-8(3-4-23-12)13(14)15(19)20/h1-6,15,23H,(H3,21,22). The van der Waals surface area contributed by atoms with Crippen molar-refractivity contribution in [2.75, 3.05) is 0 Å². The highest BCUT2D eigenvalue weighted by Gasteiger charge is 2.24. The summed E-state index contributed by atoms with van der Waals surface area (Å²) >= 11 is 0. The van der Waals surface area contributed by atoms with Crippen molar-refractivity contribution in [2.45, 2.75) is 6.43 Å². The van der Waals surface area contributed by atoms with Crippen LogP contribution in [0.2, 0.25) is 0 Å². The second kappa shape index (κ2) is 5.88. The number of aromatic nitrogens is 1. The first-order valence-corrected chi connectivity index (χ1v) is 6.78. The lowest BCUT2D eigenvalue weighted by atomic mass is 10.1. The molecule has 0 bridgehead atoms. The molecule has 0 saturated heterocycles. The molecule has 124 valence electrons. The number of nitrogens with one attached hydrogen (secondary N) is 2. The lowest BCUT2D eigenvalue weighted by Gasteiger charge is -2.14. The average molecular weight is 337 g/mol. The molecular formula is C16H11F4N3O. The molecule has 0 aliphatic heterocycles. The molecule has 0 saturated carbocycles. The highest BCUT2D eigenvalue weighted by atomic mass is 19.3. The van der Waals surface area contributed by atoms with Crippen molar-refractivity contribution in [3.05, 3.63) is 59.3 Å². The quantitative estimate of drug-likeness (QED) is 0.373. The van der Waals surface area contributed by atoms with Gasteiger partial charge >= 0.3 is 0 Å². The largest absolute Gasteiger partial charge is 0.454 e. The molecule has 8 heteroatoms. The van der Waals surface area contributed by atoms with Crippen LogP contribution in [0.1, 0.15) is 17.6 Å². The summed E-state index contributed by atoms with van der Waals surface area (Å²) < 4.78 is 59.8. The van der Waals surface area contributed by atoms with E-state index < -0.39 is 35.2 Å². The number of alkyl halides is 2. The molecule has 0 aliphatic carbocycles. The Morgan fingerprint density at radius 1 is 1.12 bits per heavy atom. The first kappa shape index (κ1) is 15.9. The fraction of sp³-hybridized carbons (Fsp3) is 0.0625. The van der Waals surface area contributed by atoms with Crippen molar-refractivity contribution in [2.24, 2.45) is 5.73 Å². The lowest BCUT2D eigenvalue weighted by molar-refractivity contribution is 0.149. The number of nitrogens with two attached hydrogens (primary N) is 1. The SMILES string of the molecule is N=C(N)c1cc(Oc2c(F)cc3[nH]ccc3c2C(F)F)ccc1F. The Morgan fingerprint density at radius 2 is 1.88 bits per heavy atom. The van der Waals surface area contributed by atoms with E-state index in [1.807, 2.05) is 0 Å². The van der Waals surface area contributed by atoms with Crippen LogP contribution in [0.3, 0.4) is 0 Å². The summed E-state index contributed by atoms with van der Waals surface area (Å²) in [6.45, 7) is 0. The van der Waals surface area contributed by atoms with Crippen LogP contribution in [0.5, 0.6) is 11.5 Å². The molecule has 3 aromatic rings. The van der Waals surface area contributed by atoms with E-state index in [4.69, 9.17) is 15.9 Å². The smallest absolute Gasteiger partial charge is 0.268 e. The molecule has 4 N–H and O–H groups in total. The van der Waals surface area contributed by atoms with Crippen LogP contribution in [0.25, 0.3) is 10.9 Å². The molecule has 2 aromatic carbocycles. The van der Waals surface area contributed by atoms with Crippen molar-refractivity contribution < 1.29 is 22.3 Å². The Bertz CT molecular complexity index is 936. The number of ether oxygens (including phenoxy) is 1. The number of aromatic amines is 1. The number of H-pyrrole nitrogens is 1. The van der Waals surface area contributed by atoms with Crippen molar-refractivity contribution in [1.29, 1.82) is 5.41 Å². The zero-order valence-corrected chi connectivity index (χ0v) is 12.0. The summed E-state index contributed by atoms with van der Waals surface area (Å²) in [6, 6.07) is 5.56. The number of hydrogen-bond acceptors (Lipinski definition) is 2. The second-order valence-corrected chi connectivity index (χ2v) is 5.00. The molecule has 0 unspecified atom stereocenters. The monoisotopic (exact) mass is 337 g/mol. The molecule has 3 rings (SSSR count). The van der Waals surface area contributed by atoms with Crippen LogP contribution < -0.4 is 10.5 Å². The van der Waals surface area contributed by atoms with Crippen LogP contribution in [0, 0.1) is 17.0 Å². The molecule has 0 amide bonds. The topological polar surface area (TPSA) is 74.9 Å². The second-order valence-electron chi connectivity index (χ2n) is 5.00. The van der Waals surface area contributed by atoms with Crippen molar-refractivity contribution in [3.8, 4) is 11.5 Å². The van der Waals surface area contributed by atoms with Gasteiger partial charge in [0.15, 0.2) is 11.6 Å². The molecule has 0 aliphatic rings. The van der Waals surface area contributed by atoms with E-state index >= 15 is 0 Å². The third kappa shape index (κ3) is 2.66. The van der Waals surface area contributed by atoms with Gasteiger partial charge in [0.2, 0.25) is 0 Å². The van der Waals surface area contributed by atoms with Crippen LogP contribution in [-0.4, -0.2) is 10.8 Å². The summed E-state index contributed by atoms with van der Waals surface area (Å²) in [7, 11) is 0. The Kier molecular flexibility index (Phi) is 3.88. The summed E-state index contributed by atoms with van der Waals surface area (Å²) in [5, 5.41) is 7.40. The summed E-state index contributed by atoms with van der Waals surface area (Å²) in [5.74, 6) is -3.09. The normalized spacial score (nSPS) is 11.2. The zero-order valence-electron chi connectivity index (χ0n) is 12.0. The average Bonchev–Trinajstić information content (AvgIpc) is 2.96. The third-order valence-corrected chi connectivity index (χ3v) is 3.47. The molecular weight excluding hydrogens is 326 g/mol. The van der Waals surface area contributed by atoms with E-state index in [2.05, 4.69) is 4.98 Å². The minimum Gasteiger partial charge on any atom is -0.454 e. The van der Waals surface area contributed by atoms with Gasteiger partial charge in [-0.3, -0.25) is 5.41 Å². The van der Waals surface area contributed by atoms with Gasteiger partial charge in [0.25, 0.3) is 6.43 Å². The van der Waals surface area contributed by atoms with Crippen molar-refractivity contribution in [3.63, 3.8) is 0 Å². The van der Waals surface area contributed by atoms with Crippen LogP contribution in [0.15, 0.2) is 36.5 Å². The van der Waals surface area contributed by atoms with Gasteiger partial charge in [0.05, 0.1) is 11.1 Å². The predicted octanol–water partition coefficient (Wildman–Crippen LogP) is 4.46. The number of amidine groups is 1. The molecule has 1 aromatic heterocycles. The van der Waals surface area contributed by atoms with Gasteiger partial charge in [-0.25, -0.2) is 17.6 Å².